The highest BCUT2D eigenvalue weighted by Gasteiger charge is 2.30. The summed E-state index contributed by atoms with van der Waals surface area (Å²) in [7, 11) is -1.33. The molecule has 1 fully saturated rings. The van der Waals surface area contributed by atoms with Gasteiger partial charge in [-0.2, -0.15) is 0 Å². The molecule has 0 unspecified atom stereocenters. The lowest BCUT2D eigenvalue weighted by molar-refractivity contribution is 0.556. The van der Waals surface area contributed by atoms with E-state index in [0.29, 0.717) is 0 Å². The van der Waals surface area contributed by atoms with Gasteiger partial charge in [-0.15, -0.1) is 0 Å². The first-order valence-electron chi connectivity index (χ1n) is 13.1. The van der Waals surface area contributed by atoms with Gasteiger partial charge in [0.25, 0.3) is 0 Å². The molecule has 0 saturated heterocycles. The van der Waals surface area contributed by atoms with E-state index >= 15 is 0 Å². The molecule has 1 aliphatic rings. The van der Waals surface area contributed by atoms with Crippen molar-refractivity contribution in [3.63, 3.8) is 0 Å². The van der Waals surface area contributed by atoms with E-state index in [0.717, 1.165) is 27.6 Å². The highest BCUT2D eigenvalue weighted by molar-refractivity contribution is 7.41. The molecule has 0 aliphatic heterocycles. The summed E-state index contributed by atoms with van der Waals surface area (Å²) in [5, 5.41) is 2.30. The average Bonchev–Trinajstić information content (AvgIpc) is 3.19. The normalized spacial score (nSPS) is 16.3. The largest absolute Gasteiger partial charge is 0.418 e. The standard InChI is InChI=1S/C33H44O2P/c1-30(2,3)21-17-24-25-18-22(31(4,5)6)20-27(33(10,11)12)29(25)35-36(23-15-13-14-16-23)34-28(24)26(19-21)32(7,8)9/h13-20H,1-12H3. The molecule has 0 spiro atoms. The van der Waals surface area contributed by atoms with Crippen LogP contribution in [0.3, 0.4) is 0 Å². The van der Waals surface area contributed by atoms with E-state index in [-0.39, 0.29) is 21.7 Å². The maximum absolute atomic E-state index is 6.94. The molecule has 3 aromatic rings. The summed E-state index contributed by atoms with van der Waals surface area (Å²) in [6.45, 7) is 27.4. The maximum atomic E-state index is 6.94. The monoisotopic (exact) mass is 503 g/mol. The second-order valence-electron chi connectivity index (χ2n) is 14.4. The van der Waals surface area contributed by atoms with Gasteiger partial charge in [0.2, 0.25) is 8.01 Å². The van der Waals surface area contributed by atoms with Gasteiger partial charge in [-0.1, -0.05) is 95.2 Å². The van der Waals surface area contributed by atoms with Crippen molar-refractivity contribution < 1.29 is 8.39 Å². The van der Waals surface area contributed by atoms with Gasteiger partial charge in [0.1, 0.15) is 11.2 Å². The molecule has 193 valence electrons. The van der Waals surface area contributed by atoms with Gasteiger partial charge < -0.3 is 8.39 Å². The average molecular weight is 504 g/mol. The van der Waals surface area contributed by atoms with Crippen LogP contribution in [0.4, 0.5) is 0 Å². The minimum absolute atomic E-state index is 0.00720. The zero-order chi connectivity index (χ0) is 26.8. The van der Waals surface area contributed by atoms with Gasteiger partial charge in [-0.3, -0.25) is 0 Å². The van der Waals surface area contributed by atoms with E-state index in [1.54, 1.807) is 0 Å². The molecule has 0 N–H and O–H groups in total. The fraction of sp³-hybridized carbons (Fsp3) is 0.485. The topological polar surface area (TPSA) is 26.3 Å². The Balaban J connectivity index is 2.33. The molecule has 0 atom stereocenters. The Morgan fingerprint density at radius 1 is 0.500 bits per heavy atom. The van der Waals surface area contributed by atoms with Crippen LogP contribution in [-0.4, -0.2) is 0 Å². The van der Waals surface area contributed by atoms with E-state index in [9.17, 15) is 0 Å². The molecular weight excluding hydrogens is 459 g/mol. The number of fused-ring (bicyclic) bond motifs is 3. The Kier molecular flexibility index (Phi) is 6.82. The van der Waals surface area contributed by atoms with Crippen LogP contribution in [0.25, 0.3) is 21.9 Å². The zero-order valence-corrected chi connectivity index (χ0v) is 25.3. The minimum Gasteiger partial charge on any atom is -0.418 e. The SMILES string of the molecule is CC(C)(C)c1cc(C(C)(C)C)c2op([C]3[CH][CH][CH][CH]3)oc3c(C(C)(C)C)cc(C(C)(C)C)cc3c2c1. The highest BCUT2D eigenvalue weighted by Crippen LogP contribution is 2.51. The van der Waals surface area contributed by atoms with E-state index in [4.69, 9.17) is 8.39 Å². The quantitative estimate of drug-likeness (QED) is 0.330. The second kappa shape index (κ2) is 8.97. The molecule has 1 saturated carbocycles. The van der Waals surface area contributed by atoms with Gasteiger partial charge in [0.05, 0.1) is 5.66 Å². The smallest absolute Gasteiger partial charge is 0.225 e. The number of benzene rings is 2. The zero-order valence-electron chi connectivity index (χ0n) is 24.4. The molecule has 2 aromatic carbocycles. The van der Waals surface area contributed by atoms with Crippen molar-refractivity contribution in [3.8, 4) is 0 Å². The van der Waals surface area contributed by atoms with Gasteiger partial charge in [-0.25, -0.2) is 0 Å². The maximum Gasteiger partial charge on any atom is 0.225 e. The van der Waals surface area contributed by atoms with Crippen LogP contribution in [-0.2, 0) is 21.7 Å². The highest BCUT2D eigenvalue weighted by atomic mass is 31.1. The third-order valence-electron chi connectivity index (χ3n) is 7.02. The second-order valence-corrected chi connectivity index (χ2v) is 15.8. The molecule has 0 amide bonds. The van der Waals surface area contributed by atoms with E-state index in [2.05, 4.69) is 133 Å². The molecule has 0 bridgehead atoms. The fourth-order valence-corrected chi connectivity index (χ4v) is 6.00. The van der Waals surface area contributed by atoms with Gasteiger partial charge in [-0.05, 0) is 70.6 Å². The summed E-state index contributed by atoms with van der Waals surface area (Å²) < 4.78 is 13.9. The first-order chi connectivity index (χ1) is 16.4. The van der Waals surface area contributed by atoms with Gasteiger partial charge >= 0.3 is 0 Å². The molecule has 36 heavy (non-hydrogen) atoms. The van der Waals surface area contributed by atoms with Gasteiger partial charge in [0, 0.05) is 21.9 Å². The molecule has 2 nitrogen and oxygen atoms in total. The summed E-state index contributed by atoms with van der Waals surface area (Å²) in [4.78, 5) is 0. The molecule has 1 heterocycles. The lowest BCUT2D eigenvalue weighted by Crippen LogP contribution is -2.17. The fourth-order valence-electron chi connectivity index (χ4n) is 4.61. The summed E-state index contributed by atoms with van der Waals surface area (Å²) in [6, 6.07) is 9.44. The Morgan fingerprint density at radius 2 is 0.861 bits per heavy atom. The molecule has 1 aliphatic carbocycles. The van der Waals surface area contributed by atoms with E-state index in [1.165, 1.54) is 22.3 Å². The Hall–Kier alpha value is -1.66. The van der Waals surface area contributed by atoms with Crippen LogP contribution in [0.5, 0.6) is 0 Å². The van der Waals surface area contributed by atoms with Crippen molar-refractivity contribution in [2.45, 2.75) is 105 Å². The molecule has 1 aromatic heterocycles. The third-order valence-corrected chi connectivity index (χ3v) is 8.44. The van der Waals surface area contributed by atoms with E-state index in [1.807, 2.05) is 0 Å². The van der Waals surface area contributed by atoms with Crippen LogP contribution < -0.4 is 0 Å². The van der Waals surface area contributed by atoms with Crippen LogP contribution in [0.2, 0.25) is 0 Å². The summed E-state index contributed by atoms with van der Waals surface area (Å²) >= 11 is 0. The number of rotatable bonds is 1. The lowest BCUT2D eigenvalue weighted by Gasteiger charge is -2.27. The van der Waals surface area contributed by atoms with E-state index < -0.39 is 8.01 Å². The Morgan fingerprint density at radius 3 is 1.17 bits per heavy atom. The first-order valence-corrected chi connectivity index (χ1v) is 14.3. The lowest BCUT2D eigenvalue weighted by atomic mass is 9.77. The Bertz CT molecular complexity index is 1210. The van der Waals surface area contributed by atoms with Crippen molar-refractivity contribution >= 4 is 30.0 Å². The van der Waals surface area contributed by atoms with Crippen LogP contribution >= 0.6 is 8.01 Å². The predicted molar refractivity (Wildman–Crippen MR) is 157 cm³/mol. The number of hydrogen-bond donors (Lipinski definition) is 0. The minimum atomic E-state index is -1.33. The van der Waals surface area contributed by atoms with Crippen LogP contribution in [0, 0.1) is 31.3 Å². The molecule has 4 rings (SSSR count). The number of hydrogen-bond acceptors (Lipinski definition) is 2. The molecular formula is C33H44O2P. The van der Waals surface area contributed by atoms with Crippen LogP contribution in [0.15, 0.2) is 32.7 Å². The van der Waals surface area contributed by atoms with Crippen LogP contribution in [0.1, 0.15) is 105 Å². The summed E-state index contributed by atoms with van der Waals surface area (Å²) in [5.74, 6) is 0. The summed E-state index contributed by atoms with van der Waals surface area (Å²) in [6.07, 6.45) is 8.38. The van der Waals surface area contributed by atoms with Crippen molar-refractivity contribution in [2.24, 2.45) is 0 Å². The predicted octanol–water partition coefficient (Wildman–Crippen LogP) is 10.7. The third kappa shape index (κ3) is 5.31. The molecule has 3 heteroatoms. The van der Waals surface area contributed by atoms with Crippen molar-refractivity contribution in [3.05, 3.63) is 77.9 Å². The van der Waals surface area contributed by atoms with Gasteiger partial charge in [0.15, 0.2) is 0 Å². The first kappa shape index (κ1) is 27.4. The van der Waals surface area contributed by atoms with Crippen molar-refractivity contribution in [1.29, 1.82) is 0 Å². The van der Waals surface area contributed by atoms with Crippen molar-refractivity contribution in [1.82, 2.24) is 0 Å². The molecule has 5 radical (unpaired) electrons. The Labute approximate surface area is 220 Å². The summed E-state index contributed by atoms with van der Waals surface area (Å²) in [5.41, 5.74) is 7.98. The van der Waals surface area contributed by atoms with Crippen molar-refractivity contribution in [2.75, 3.05) is 0 Å².